The molecule has 0 radical (unpaired) electrons. The van der Waals surface area contributed by atoms with Gasteiger partial charge in [0.1, 0.15) is 0 Å². The van der Waals surface area contributed by atoms with Gasteiger partial charge in [0.15, 0.2) is 11.6 Å². The maximum Gasteiger partial charge on any atom is 0.165 e. The maximum atomic E-state index is 13.1. The van der Waals surface area contributed by atoms with Gasteiger partial charge in [-0.15, -0.1) is 0 Å². The highest BCUT2D eigenvalue weighted by molar-refractivity contribution is 5.36. The fraction of sp³-hybridized carbons (Fsp3) is 0.500. The lowest BCUT2D eigenvalue weighted by atomic mass is 10.2. The van der Waals surface area contributed by atoms with Gasteiger partial charge in [0.25, 0.3) is 0 Å². The first-order chi connectivity index (χ1) is 6.36. The molecule has 2 nitrogen and oxygen atoms in total. The molecule has 13 heavy (non-hydrogen) atoms. The van der Waals surface area contributed by atoms with Crippen LogP contribution in [-0.2, 0) is 0 Å². The average molecular weight is 180 g/mol. The molecule has 0 aromatic carbocycles. The normalized spacial score (nSPS) is 17.6. The second-order valence-corrected chi connectivity index (χ2v) is 3.46. The molecule has 0 aliphatic heterocycles. The fourth-order valence-electron chi connectivity index (χ4n) is 1.76. The third-order valence-electron chi connectivity index (χ3n) is 2.45. The van der Waals surface area contributed by atoms with E-state index in [0.29, 0.717) is 11.9 Å². The van der Waals surface area contributed by atoms with E-state index in [9.17, 15) is 4.39 Å². The van der Waals surface area contributed by atoms with E-state index in [-0.39, 0.29) is 5.82 Å². The molecule has 70 valence electrons. The van der Waals surface area contributed by atoms with Gasteiger partial charge in [-0.05, 0) is 25.0 Å². The van der Waals surface area contributed by atoms with E-state index >= 15 is 0 Å². The van der Waals surface area contributed by atoms with Crippen LogP contribution in [0.5, 0.6) is 0 Å². The summed E-state index contributed by atoms with van der Waals surface area (Å²) in [6.07, 6.45) is 6.37. The Labute approximate surface area is 77.2 Å². The Kier molecular flexibility index (Phi) is 2.43. The Morgan fingerprint density at radius 2 is 2.15 bits per heavy atom. The fourth-order valence-corrected chi connectivity index (χ4v) is 1.76. The van der Waals surface area contributed by atoms with Crippen molar-refractivity contribution in [3.05, 3.63) is 24.1 Å². The summed E-state index contributed by atoms with van der Waals surface area (Å²) in [6.45, 7) is 0. The molecule has 1 fully saturated rings. The second kappa shape index (κ2) is 3.73. The molecule has 2 rings (SSSR count). The number of pyridine rings is 1. The van der Waals surface area contributed by atoms with Gasteiger partial charge in [0.2, 0.25) is 0 Å². The SMILES string of the molecule is Fc1cccnc1NC1CCCC1. The number of nitrogens with one attached hydrogen (secondary N) is 1. The molecule has 0 atom stereocenters. The maximum absolute atomic E-state index is 13.1. The van der Waals surface area contributed by atoms with Crippen molar-refractivity contribution in [2.45, 2.75) is 31.7 Å². The van der Waals surface area contributed by atoms with Gasteiger partial charge in [0, 0.05) is 12.2 Å². The first kappa shape index (κ1) is 8.48. The first-order valence-electron chi connectivity index (χ1n) is 4.73. The van der Waals surface area contributed by atoms with Gasteiger partial charge in [-0.3, -0.25) is 0 Å². The Bertz CT molecular complexity index is 282. The smallest absolute Gasteiger partial charge is 0.165 e. The highest BCUT2D eigenvalue weighted by Gasteiger charge is 2.16. The van der Waals surface area contributed by atoms with Crippen molar-refractivity contribution in [2.75, 3.05) is 5.32 Å². The van der Waals surface area contributed by atoms with Crippen LogP contribution in [-0.4, -0.2) is 11.0 Å². The lowest BCUT2D eigenvalue weighted by Crippen LogP contribution is -2.16. The van der Waals surface area contributed by atoms with Gasteiger partial charge in [-0.2, -0.15) is 0 Å². The van der Waals surface area contributed by atoms with Crippen LogP contribution in [0.3, 0.4) is 0 Å². The molecule has 1 N–H and O–H groups in total. The molecule has 0 unspecified atom stereocenters. The largest absolute Gasteiger partial charge is 0.365 e. The molecule has 0 saturated heterocycles. The van der Waals surface area contributed by atoms with Crippen LogP contribution in [0.25, 0.3) is 0 Å². The summed E-state index contributed by atoms with van der Waals surface area (Å²) in [5, 5.41) is 3.12. The lowest BCUT2D eigenvalue weighted by molar-refractivity contribution is 0.617. The van der Waals surface area contributed by atoms with Crippen molar-refractivity contribution in [3.8, 4) is 0 Å². The molecule has 0 bridgehead atoms. The van der Waals surface area contributed by atoms with Crippen molar-refractivity contribution in [1.29, 1.82) is 0 Å². The van der Waals surface area contributed by atoms with Gasteiger partial charge in [-0.1, -0.05) is 12.8 Å². The molecule has 1 heterocycles. The van der Waals surface area contributed by atoms with Gasteiger partial charge in [0.05, 0.1) is 0 Å². The minimum absolute atomic E-state index is 0.255. The number of hydrogen-bond donors (Lipinski definition) is 1. The Morgan fingerprint density at radius 1 is 1.38 bits per heavy atom. The third-order valence-corrected chi connectivity index (χ3v) is 2.45. The quantitative estimate of drug-likeness (QED) is 0.756. The van der Waals surface area contributed by atoms with Crippen LogP contribution in [0.2, 0.25) is 0 Å². The zero-order valence-electron chi connectivity index (χ0n) is 7.46. The number of aromatic nitrogens is 1. The van der Waals surface area contributed by atoms with Crippen LogP contribution in [0, 0.1) is 5.82 Å². The second-order valence-electron chi connectivity index (χ2n) is 3.46. The highest BCUT2D eigenvalue weighted by Crippen LogP contribution is 2.22. The van der Waals surface area contributed by atoms with E-state index in [0.717, 1.165) is 12.8 Å². The van der Waals surface area contributed by atoms with E-state index in [1.54, 1.807) is 12.3 Å². The molecule has 1 aliphatic rings. The molecule has 1 aromatic heterocycles. The van der Waals surface area contributed by atoms with E-state index in [1.807, 2.05) is 0 Å². The number of rotatable bonds is 2. The summed E-state index contributed by atoms with van der Waals surface area (Å²) in [7, 11) is 0. The Morgan fingerprint density at radius 3 is 2.85 bits per heavy atom. The van der Waals surface area contributed by atoms with Crippen molar-refractivity contribution in [3.63, 3.8) is 0 Å². The molecule has 1 aromatic rings. The molecular weight excluding hydrogens is 167 g/mol. The Balaban J connectivity index is 2.04. The molecule has 0 amide bonds. The van der Waals surface area contributed by atoms with Crippen molar-refractivity contribution in [1.82, 2.24) is 4.98 Å². The number of nitrogens with zero attached hydrogens (tertiary/aromatic N) is 1. The monoisotopic (exact) mass is 180 g/mol. The van der Waals surface area contributed by atoms with E-state index in [2.05, 4.69) is 10.3 Å². The zero-order chi connectivity index (χ0) is 9.10. The molecule has 3 heteroatoms. The molecule has 1 aliphatic carbocycles. The average Bonchev–Trinajstić information content (AvgIpc) is 2.61. The summed E-state index contributed by atoms with van der Waals surface area (Å²) in [5.41, 5.74) is 0. The van der Waals surface area contributed by atoms with E-state index in [1.165, 1.54) is 18.9 Å². The minimum Gasteiger partial charge on any atom is -0.365 e. The number of halogens is 1. The van der Waals surface area contributed by atoms with Crippen LogP contribution in [0.15, 0.2) is 18.3 Å². The predicted molar refractivity (Wildman–Crippen MR) is 50.1 cm³/mol. The number of hydrogen-bond acceptors (Lipinski definition) is 2. The topological polar surface area (TPSA) is 24.9 Å². The number of anilines is 1. The molecule has 0 spiro atoms. The van der Waals surface area contributed by atoms with Crippen molar-refractivity contribution < 1.29 is 4.39 Å². The summed E-state index contributed by atoms with van der Waals surface area (Å²) in [6, 6.07) is 3.46. The van der Waals surface area contributed by atoms with E-state index in [4.69, 9.17) is 0 Å². The van der Waals surface area contributed by atoms with Gasteiger partial charge >= 0.3 is 0 Å². The first-order valence-corrected chi connectivity index (χ1v) is 4.73. The zero-order valence-corrected chi connectivity index (χ0v) is 7.46. The summed E-state index contributed by atoms with van der Waals surface area (Å²) >= 11 is 0. The van der Waals surface area contributed by atoms with Gasteiger partial charge < -0.3 is 5.32 Å². The van der Waals surface area contributed by atoms with Crippen LogP contribution in [0.1, 0.15) is 25.7 Å². The summed E-state index contributed by atoms with van der Waals surface area (Å²) in [5.74, 6) is 0.142. The van der Waals surface area contributed by atoms with E-state index < -0.39 is 0 Å². The molecule has 1 saturated carbocycles. The van der Waals surface area contributed by atoms with Crippen molar-refractivity contribution in [2.24, 2.45) is 0 Å². The minimum atomic E-state index is -0.255. The Hall–Kier alpha value is -1.12. The van der Waals surface area contributed by atoms with Crippen molar-refractivity contribution >= 4 is 5.82 Å². The van der Waals surface area contributed by atoms with Crippen LogP contribution in [0.4, 0.5) is 10.2 Å². The highest BCUT2D eigenvalue weighted by atomic mass is 19.1. The predicted octanol–water partition coefficient (Wildman–Crippen LogP) is 2.58. The van der Waals surface area contributed by atoms with Gasteiger partial charge in [-0.25, -0.2) is 9.37 Å². The van der Waals surface area contributed by atoms with Crippen LogP contribution < -0.4 is 5.32 Å². The standard InChI is InChI=1S/C10H13FN2/c11-9-6-3-7-12-10(9)13-8-4-1-2-5-8/h3,6-8H,1-2,4-5H2,(H,12,13). The summed E-state index contributed by atoms with van der Waals surface area (Å²) in [4.78, 5) is 3.96. The molecular formula is C10H13FN2. The third kappa shape index (κ3) is 1.97. The van der Waals surface area contributed by atoms with Crippen LogP contribution >= 0.6 is 0 Å². The lowest BCUT2D eigenvalue weighted by Gasteiger charge is -2.12. The summed E-state index contributed by atoms with van der Waals surface area (Å²) < 4.78 is 13.1.